The van der Waals surface area contributed by atoms with Crippen molar-refractivity contribution in [3.63, 3.8) is 0 Å². The van der Waals surface area contributed by atoms with Crippen LogP contribution in [0.5, 0.6) is 0 Å². The van der Waals surface area contributed by atoms with Gasteiger partial charge in [-0.1, -0.05) is 47.5 Å². The second kappa shape index (κ2) is 9.87. The van der Waals surface area contributed by atoms with E-state index in [1.807, 2.05) is 19.1 Å². The molecule has 1 amide bonds. The number of halogens is 2. The van der Waals surface area contributed by atoms with Crippen LogP contribution >= 0.6 is 11.6 Å². The van der Waals surface area contributed by atoms with Crippen molar-refractivity contribution in [3.8, 4) is 0 Å². The third-order valence-corrected chi connectivity index (χ3v) is 4.81. The Morgan fingerprint density at radius 2 is 1.71 bits per heavy atom. The minimum Gasteiger partial charge on any atom is -0.397 e. The van der Waals surface area contributed by atoms with Gasteiger partial charge in [0.2, 0.25) is 5.91 Å². The molecule has 0 spiro atoms. The number of hydrogen-bond acceptors (Lipinski definition) is 3. The van der Waals surface area contributed by atoms with Crippen molar-refractivity contribution in [1.82, 2.24) is 0 Å². The molecule has 3 aromatic carbocycles. The molecular formula is C25H20ClFN2O2. The summed E-state index contributed by atoms with van der Waals surface area (Å²) in [6.07, 6.45) is 6.03. The number of aryl methyl sites for hydroxylation is 1. The lowest BCUT2D eigenvalue weighted by atomic mass is 10.1. The molecule has 0 fully saturated rings. The van der Waals surface area contributed by atoms with Crippen molar-refractivity contribution in [1.29, 1.82) is 0 Å². The third-order valence-electron chi connectivity index (χ3n) is 4.47. The molecule has 0 bridgehead atoms. The van der Waals surface area contributed by atoms with Crippen LogP contribution < -0.4 is 11.1 Å². The minimum atomic E-state index is -0.478. The molecule has 3 N–H and O–H groups in total. The first-order valence-electron chi connectivity index (χ1n) is 9.44. The van der Waals surface area contributed by atoms with Gasteiger partial charge in [-0.2, -0.15) is 0 Å². The lowest BCUT2D eigenvalue weighted by molar-refractivity contribution is -0.111. The van der Waals surface area contributed by atoms with E-state index in [1.54, 1.807) is 42.5 Å². The van der Waals surface area contributed by atoms with Crippen molar-refractivity contribution >= 4 is 46.8 Å². The summed E-state index contributed by atoms with van der Waals surface area (Å²) in [5.74, 6) is -1.03. The standard InChI is InChI=1S/C25H20ClFN2O2/c1-16-2-6-18(7-3-16)24(30)12-8-19-14-17(4-10-21(19)26)5-13-25(31)29-23-11-9-20(27)15-22(23)28/h2-15H,28H2,1H3,(H,29,31)/b12-8+,13-5+. The maximum Gasteiger partial charge on any atom is 0.248 e. The number of carbonyl (C=O) groups is 2. The molecule has 0 saturated heterocycles. The van der Waals surface area contributed by atoms with E-state index in [-0.39, 0.29) is 11.5 Å². The molecule has 3 aromatic rings. The Balaban J connectivity index is 1.70. The van der Waals surface area contributed by atoms with E-state index in [9.17, 15) is 14.0 Å². The van der Waals surface area contributed by atoms with Crippen molar-refractivity contribution in [2.45, 2.75) is 6.92 Å². The normalized spacial score (nSPS) is 11.2. The number of amides is 1. The van der Waals surface area contributed by atoms with Gasteiger partial charge in [0.15, 0.2) is 5.78 Å². The van der Waals surface area contributed by atoms with Crippen LogP contribution in [0.1, 0.15) is 27.0 Å². The van der Waals surface area contributed by atoms with Gasteiger partial charge in [-0.3, -0.25) is 9.59 Å². The minimum absolute atomic E-state index is 0.131. The lowest BCUT2D eigenvalue weighted by Crippen LogP contribution is -2.09. The van der Waals surface area contributed by atoms with Gasteiger partial charge in [-0.25, -0.2) is 4.39 Å². The highest BCUT2D eigenvalue weighted by atomic mass is 35.5. The van der Waals surface area contributed by atoms with Crippen molar-refractivity contribution in [2.24, 2.45) is 0 Å². The second-order valence-corrected chi connectivity index (χ2v) is 7.31. The highest BCUT2D eigenvalue weighted by Gasteiger charge is 2.05. The molecule has 0 heterocycles. The molecule has 0 aromatic heterocycles. The van der Waals surface area contributed by atoms with Crippen LogP contribution in [0.2, 0.25) is 5.02 Å². The van der Waals surface area contributed by atoms with Gasteiger partial charge in [0.1, 0.15) is 5.82 Å². The molecule has 0 saturated carbocycles. The molecular weight excluding hydrogens is 415 g/mol. The van der Waals surface area contributed by atoms with Crippen molar-refractivity contribution in [2.75, 3.05) is 11.1 Å². The number of ketones is 1. The summed E-state index contributed by atoms with van der Waals surface area (Å²) in [4.78, 5) is 24.5. The van der Waals surface area contributed by atoms with Gasteiger partial charge in [0, 0.05) is 16.7 Å². The largest absolute Gasteiger partial charge is 0.397 e. The fraction of sp³-hybridized carbons (Fsp3) is 0.0400. The molecule has 31 heavy (non-hydrogen) atoms. The summed E-state index contributed by atoms with van der Waals surface area (Å²) in [5, 5.41) is 3.07. The van der Waals surface area contributed by atoms with Crippen LogP contribution in [-0.4, -0.2) is 11.7 Å². The average molecular weight is 435 g/mol. The summed E-state index contributed by atoms with van der Waals surface area (Å²) in [7, 11) is 0. The Morgan fingerprint density at radius 1 is 0.968 bits per heavy atom. The van der Waals surface area contributed by atoms with Crippen LogP contribution in [0, 0.1) is 12.7 Å². The molecule has 0 aliphatic carbocycles. The Labute approximate surface area is 184 Å². The molecule has 156 valence electrons. The topological polar surface area (TPSA) is 72.2 Å². The fourth-order valence-corrected chi connectivity index (χ4v) is 2.95. The number of hydrogen-bond donors (Lipinski definition) is 2. The van der Waals surface area contributed by atoms with E-state index in [4.69, 9.17) is 17.3 Å². The first-order valence-corrected chi connectivity index (χ1v) is 9.82. The Kier molecular flexibility index (Phi) is 7.00. The monoisotopic (exact) mass is 434 g/mol. The van der Waals surface area contributed by atoms with Crippen LogP contribution in [0.15, 0.2) is 72.8 Å². The maximum absolute atomic E-state index is 13.1. The summed E-state index contributed by atoms with van der Waals surface area (Å²) in [6, 6.07) is 16.2. The zero-order valence-electron chi connectivity index (χ0n) is 16.7. The number of nitrogen functional groups attached to an aromatic ring is 1. The first kappa shape index (κ1) is 22.0. The summed E-state index contributed by atoms with van der Waals surface area (Å²) in [5.41, 5.74) is 9.18. The van der Waals surface area contributed by atoms with Gasteiger partial charge in [0.05, 0.1) is 11.4 Å². The zero-order valence-corrected chi connectivity index (χ0v) is 17.5. The predicted molar refractivity (Wildman–Crippen MR) is 124 cm³/mol. The van der Waals surface area contributed by atoms with E-state index in [0.717, 1.165) is 11.6 Å². The van der Waals surface area contributed by atoms with Crippen LogP contribution in [-0.2, 0) is 4.79 Å². The van der Waals surface area contributed by atoms with Gasteiger partial charge < -0.3 is 11.1 Å². The van der Waals surface area contributed by atoms with Crippen molar-refractivity contribution in [3.05, 3.63) is 106 Å². The highest BCUT2D eigenvalue weighted by Crippen LogP contribution is 2.21. The molecule has 4 nitrogen and oxygen atoms in total. The van der Waals surface area contributed by atoms with Crippen molar-refractivity contribution < 1.29 is 14.0 Å². The van der Waals surface area contributed by atoms with Crippen LogP contribution in [0.4, 0.5) is 15.8 Å². The van der Waals surface area contributed by atoms with Crippen LogP contribution in [0.25, 0.3) is 12.2 Å². The second-order valence-electron chi connectivity index (χ2n) is 6.90. The van der Waals surface area contributed by atoms with E-state index >= 15 is 0 Å². The SMILES string of the molecule is Cc1ccc(C(=O)/C=C/c2cc(/C=C/C(=O)Nc3ccc(F)cc3N)ccc2Cl)cc1. The number of allylic oxidation sites excluding steroid dienone is 1. The van der Waals surface area contributed by atoms with Crippen LogP contribution in [0.3, 0.4) is 0 Å². The van der Waals surface area contributed by atoms with Gasteiger partial charge in [-0.15, -0.1) is 0 Å². The lowest BCUT2D eigenvalue weighted by Gasteiger charge is -2.06. The Hall–Kier alpha value is -3.70. The molecule has 0 aliphatic heterocycles. The third kappa shape index (κ3) is 6.14. The predicted octanol–water partition coefficient (Wildman–Crippen LogP) is 5.92. The molecule has 0 atom stereocenters. The maximum atomic E-state index is 13.1. The molecule has 0 unspecified atom stereocenters. The Bertz CT molecular complexity index is 1180. The fourth-order valence-electron chi connectivity index (χ4n) is 2.77. The highest BCUT2D eigenvalue weighted by molar-refractivity contribution is 6.32. The van der Waals surface area contributed by atoms with Gasteiger partial charge >= 0.3 is 0 Å². The number of carbonyl (C=O) groups excluding carboxylic acids is 2. The first-order chi connectivity index (χ1) is 14.8. The van der Waals surface area contributed by atoms with Gasteiger partial charge in [-0.05, 0) is 66.6 Å². The molecule has 6 heteroatoms. The average Bonchev–Trinajstić information content (AvgIpc) is 2.74. The molecule has 3 rings (SSSR count). The number of nitrogens with one attached hydrogen (secondary N) is 1. The van der Waals surface area contributed by atoms with E-state index in [1.165, 1.54) is 24.3 Å². The number of anilines is 2. The quantitative estimate of drug-likeness (QED) is 0.287. The number of benzene rings is 3. The Morgan fingerprint density at radius 3 is 2.42 bits per heavy atom. The summed E-state index contributed by atoms with van der Waals surface area (Å²) in [6.45, 7) is 1.96. The molecule has 0 radical (unpaired) electrons. The summed E-state index contributed by atoms with van der Waals surface area (Å²) < 4.78 is 13.1. The zero-order chi connectivity index (χ0) is 22.4. The van der Waals surface area contributed by atoms with E-state index in [2.05, 4.69) is 5.32 Å². The summed E-state index contributed by atoms with van der Waals surface area (Å²) >= 11 is 6.24. The van der Waals surface area contributed by atoms with E-state index in [0.29, 0.717) is 27.4 Å². The number of nitrogens with two attached hydrogens (primary N) is 1. The smallest absolute Gasteiger partial charge is 0.248 e. The van der Waals surface area contributed by atoms with Gasteiger partial charge in [0.25, 0.3) is 0 Å². The molecule has 0 aliphatic rings. The van der Waals surface area contributed by atoms with E-state index < -0.39 is 11.7 Å². The number of rotatable bonds is 6.